The van der Waals surface area contributed by atoms with Crippen molar-refractivity contribution in [2.45, 2.75) is 63.7 Å². The first-order valence-corrected chi connectivity index (χ1v) is 10.9. The van der Waals surface area contributed by atoms with Crippen LogP contribution in [0.15, 0.2) is 29.3 Å². The fourth-order valence-electron chi connectivity index (χ4n) is 3.65. The monoisotopic (exact) mass is 434 g/mol. The SMILES string of the molecule is CCNC(=NCC#Cc1cccc(C(F)(F)F)c1)NC1CCCC(C(=O)NC2CC2)C1. The average Bonchev–Trinajstić information content (AvgIpc) is 3.55. The van der Waals surface area contributed by atoms with Crippen LogP contribution in [0.4, 0.5) is 13.2 Å². The molecule has 0 heterocycles. The van der Waals surface area contributed by atoms with Gasteiger partial charge in [0.1, 0.15) is 6.54 Å². The maximum atomic E-state index is 12.8. The number of nitrogens with zero attached hydrogens (tertiary/aromatic N) is 1. The van der Waals surface area contributed by atoms with Crippen LogP contribution in [0.1, 0.15) is 56.6 Å². The summed E-state index contributed by atoms with van der Waals surface area (Å²) in [7, 11) is 0. The van der Waals surface area contributed by atoms with E-state index >= 15 is 0 Å². The molecule has 0 spiro atoms. The number of rotatable bonds is 5. The smallest absolute Gasteiger partial charge is 0.357 e. The third kappa shape index (κ3) is 7.50. The van der Waals surface area contributed by atoms with E-state index in [0.717, 1.165) is 50.7 Å². The molecule has 1 aromatic rings. The van der Waals surface area contributed by atoms with Gasteiger partial charge >= 0.3 is 6.18 Å². The number of guanidine groups is 1. The van der Waals surface area contributed by atoms with E-state index in [4.69, 9.17) is 0 Å². The minimum atomic E-state index is -4.38. The summed E-state index contributed by atoms with van der Waals surface area (Å²) in [6.07, 6.45) is 1.40. The van der Waals surface area contributed by atoms with Crippen LogP contribution < -0.4 is 16.0 Å². The minimum Gasteiger partial charge on any atom is -0.357 e. The summed E-state index contributed by atoms with van der Waals surface area (Å²) in [6, 6.07) is 5.48. The zero-order valence-corrected chi connectivity index (χ0v) is 17.7. The van der Waals surface area contributed by atoms with Gasteiger partial charge in [-0.05, 0) is 57.2 Å². The number of carbonyl (C=O) groups excluding carboxylic acids is 1. The predicted octanol–water partition coefficient (Wildman–Crippen LogP) is 3.45. The molecule has 2 aliphatic rings. The van der Waals surface area contributed by atoms with Crippen LogP contribution in [0.5, 0.6) is 0 Å². The quantitative estimate of drug-likeness (QED) is 0.378. The molecule has 1 amide bonds. The Labute approximate surface area is 181 Å². The molecule has 168 valence electrons. The highest BCUT2D eigenvalue weighted by Gasteiger charge is 2.32. The first-order valence-electron chi connectivity index (χ1n) is 10.9. The standard InChI is InChI=1S/C23H29F3N4O/c1-2-27-22(28-13-5-7-16-6-3-9-18(14-16)23(24,25)26)30-20-10-4-8-17(15-20)21(31)29-19-11-12-19/h3,6,9,14,17,19-20H,2,4,8,10-13,15H2,1H3,(H,29,31)(H2,27,28,30). The first-order chi connectivity index (χ1) is 14.8. The molecule has 3 rings (SSSR count). The first kappa shape index (κ1) is 23.0. The summed E-state index contributed by atoms with van der Waals surface area (Å²) >= 11 is 0. The number of carbonyl (C=O) groups is 1. The summed E-state index contributed by atoms with van der Waals surface area (Å²) in [5, 5.41) is 9.64. The second-order valence-electron chi connectivity index (χ2n) is 8.06. The molecule has 2 saturated carbocycles. The average molecular weight is 435 g/mol. The summed E-state index contributed by atoms with van der Waals surface area (Å²) in [4.78, 5) is 16.8. The van der Waals surface area contributed by atoms with Crippen molar-refractivity contribution in [3.05, 3.63) is 35.4 Å². The van der Waals surface area contributed by atoms with E-state index in [2.05, 4.69) is 32.8 Å². The lowest BCUT2D eigenvalue weighted by Crippen LogP contribution is -2.47. The van der Waals surface area contributed by atoms with Gasteiger partial charge in [-0.1, -0.05) is 24.3 Å². The van der Waals surface area contributed by atoms with E-state index in [1.807, 2.05) is 6.92 Å². The lowest BCUT2D eigenvalue weighted by Gasteiger charge is -2.30. The van der Waals surface area contributed by atoms with Crippen LogP contribution in [0.3, 0.4) is 0 Å². The van der Waals surface area contributed by atoms with Crippen LogP contribution in [0, 0.1) is 17.8 Å². The van der Waals surface area contributed by atoms with Crippen LogP contribution in [0.2, 0.25) is 0 Å². The number of halogens is 3. The Morgan fingerprint density at radius 2 is 1.97 bits per heavy atom. The van der Waals surface area contributed by atoms with Crippen LogP contribution in [-0.2, 0) is 11.0 Å². The van der Waals surface area contributed by atoms with E-state index in [9.17, 15) is 18.0 Å². The van der Waals surface area contributed by atoms with Crippen molar-refractivity contribution in [2.24, 2.45) is 10.9 Å². The van der Waals surface area contributed by atoms with E-state index in [0.29, 0.717) is 24.1 Å². The Kier molecular flexibility index (Phi) is 7.83. The number of hydrogen-bond acceptors (Lipinski definition) is 2. The molecular weight excluding hydrogens is 405 g/mol. The largest absolute Gasteiger partial charge is 0.416 e. The molecule has 0 radical (unpaired) electrons. The highest BCUT2D eigenvalue weighted by molar-refractivity contribution is 5.81. The fraction of sp³-hybridized carbons (Fsp3) is 0.565. The molecule has 3 N–H and O–H groups in total. The predicted molar refractivity (Wildman–Crippen MR) is 114 cm³/mol. The van der Waals surface area contributed by atoms with Gasteiger partial charge in [-0.3, -0.25) is 4.79 Å². The van der Waals surface area contributed by atoms with Gasteiger partial charge in [-0.25, -0.2) is 4.99 Å². The maximum Gasteiger partial charge on any atom is 0.416 e. The molecule has 2 aliphatic carbocycles. The van der Waals surface area contributed by atoms with Gasteiger partial charge in [0.25, 0.3) is 0 Å². The van der Waals surface area contributed by atoms with Gasteiger partial charge in [0.2, 0.25) is 5.91 Å². The third-order valence-corrected chi connectivity index (χ3v) is 5.39. The van der Waals surface area contributed by atoms with Crippen molar-refractivity contribution >= 4 is 11.9 Å². The highest BCUT2D eigenvalue weighted by atomic mass is 19.4. The van der Waals surface area contributed by atoms with Gasteiger partial charge < -0.3 is 16.0 Å². The Hall–Kier alpha value is -2.69. The second kappa shape index (κ2) is 10.6. The molecule has 2 atom stereocenters. The summed E-state index contributed by atoms with van der Waals surface area (Å²) < 4.78 is 38.4. The van der Waals surface area contributed by atoms with E-state index in [1.54, 1.807) is 6.07 Å². The Bertz CT molecular complexity index is 852. The van der Waals surface area contributed by atoms with Gasteiger partial charge in [-0.2, -0.15) is 13.2 Å². The summed E-state index contributed by atoms with van der Waals surface area (Å²) in [5.74, 6) is 6.34. The zero-order valence-electron chi connectivity index (χ0n) is 17.7. The normalized spacial score (nSPS) is 21.6. The highest BCUT2D eigenvalue weighted by Crippen LogP contribution is 2.29. The number of hydrogen-bond donors (Lipinski definition) is 3. The van der Waals surface area contributed by atoms with E-state index < -0.39 is 11.7 Å². The van der Waals surface area contributed by atoms with Crippen LogP contribution >= 0.6 is 0 Å². The van der Waals surface area contributed by atoms with Crippen molar-refractivity contribution in [1.29, 1.82) is 0 Å². The van der Waals surface area contributed by atoms with Gasteiger partial charge in [-0.15, -0.1) is 0 Å². The molecule has 2 fully saturated rings. The van der Waals surface area contributed by atoms with Crippen molar-refractivity contribution in [3.8, 4) is 11.8 Å². The number of aliphatic imine (C=N–C) groups is 1. The molecule has 1 aromatic carbocycles. The summed E-state index contributed by atoms with van der Waals surface area (Å²) in [6.45, 7) is 2.79. The van der Waals surface area contributed by atoms with Gasteiger partial charge in [0.15, 0.2) is 5.96 Å². The molecule has 2 unspecified atom stereocenters. The van der Waals surface area contributed by atoms with E-state index in [-0.39, 0.29) is 24.4 Å². The van der Waals surface area contributed by atoms with Gasteiger partial charge in [0.05, 0.1) is 5.56 Å². The molecule has 0 aliphatic heterocycles. The maximum absolute atomic E-state index is 12.8. The lowest BCUT2D eigenvalue weighted by atomic mass is 9.85. The topological polar surface area (TPSA) is 65.5 Å². The minimum absolute atomic E-state index is 0.0235. The molecule has 0 aromatic heterocycles. The van der Waals surface area contributed by atoms with Crippen molar-refractivity contribution < 1.29 is 18.0 Å². The number of amides is 1. The lowest BCUT2D eigenvalue weighted by molar-refractivity contribution is -0.137. The number of nitrogens with one attached hydrogen (secondary N) is 3. The van der Waals surface area contributed by atoms with Crippen molar-refractivity contribution in [2.75, 3.05) is 13.1 Å². The zero-order chi connectivity index (χ0) is 22.3. The third-order valence-electron chi connectivity index (χ3n) is 5.39. The Morgan fingerprint density at radius 3 is 2.68 bits per heavy atom. The van der Waals surface area contributed by atoms with E-state index in [1.165, 1.54) is 6.07 Å². The molecule has 31 heavy (non-hydrogen) atoms. The fourth-order valence-corrected chi connectivity index (χ4v) is 3.65. The number of benzene rings is 1. The molecule has 0 bridgehead atoms. The van der Waals surface area contributed by atoms with Crippen molar-refractivity contribution in [3.63, 3.8) is 0 Å². The molecule has 5 nitrogen and oxygen atoms in total. The van der Waals surface area contributed by atoms with Crippen LogP contribution in [0.25, 0.3) is 0 Å². The summed E-state index contributed by atoms with van der Waals surface area (Å²) in [5.41, 5.74) is -0.407. The number of alkyl halides is 3. The Balaban J connectivity index is 1.55. The Morgan fingerprint density at radius 1 is 1.16 bits per heavy atom. The van der Waals surface area contributed by atoms with Crippen LogP contribution in [-0.4, -0.2) is 37.0 Å². The second-order valence-corrected chi connectivity index (χ2v) is 8.06. The molecule has 0 saturated heterocycles. The van der Waals surface area contributed by atoms with Crippen molar-refractivity contribution in [1.82, 2.24) is 16.0 Å². The van der Waals surface area contributed by atoms with Gasteiger partial charge in [0, 0.05) is 30.1 Å². The molecule has 8 heteroatoms. The molecular formula is C23H29F3N4O.